The average molecular weight is 287 g/mol. The van der Waals surface area contributed by atoms with E-state index in [4.69, 9.17) is 21.4 Å². The van der Waals surface area contributed by atoms with E-state index in [0.29, 0.717) is 5.75 Å². The first-order valence-electron chi connectivity index (χ1n) is 2.78. The van der Waals surface area contributed by atoms with Gasteiger partial charge >= 0.3 is 0 Å². The van der Waals surface area contributed by atoms with Gasteiger partial charge in [0.15, 0.2) is 0 Å². The van der Waals surface area contributed by atoms with Crippen LogP contribution in [0.25, 0.3) is 0 Å². The Balaban J connectivity index is 0.000001000. The molecule has 0 fully saturated rings. The molecule has 0 aliphatic heterocycles. The van der Waals surface area contributed by atoms with Crippen molar-refractivity contribution in [2.24, 2.45) is 0 Å². The first kappa shape index (κ1) is 12.0. The normalized spacial score (nSPS) is 10.2. The zero-order valence-electron chi connectivity index (χ0n) is 5.67. The van der Waals surface area contributed by atoms with Gasteiger partial charge in [0, 0.05) is 38.2 Å². The third kappa shape index (κ3) is 5.24. The van der Waals surface area contributed by atoms with Gasteiger partial charge in [0.2, 0.25) is 0 Å². The monoisotopic (exact) mass is 285 g/mol. The summed E-state index contributed by atoms with van der Waals surface area (Å²) < 4.78 is 0. The third-order valence-corrected chi connectivity index (χ3v) is 2.29. The molecule has 60 valence electrons. The molecule has 1 nitrogen and oxygen atoms in total. The third-order valence-electron chi connectivity index (χ3n) is 1.01. The maximum Gasteiger partial charge on any atom is 0.0507 e. The Morgan fingerprint density at radius 1 is 1.36 bits per heavy atom. The fourth-order valence-corrected chi connectivity index (χ4v) is 1.78. The summed E-state index contributed by atoms with van der Waals surface area (Å²) in [5.74, 6) is 0.680. The van der Waals surface area contributed by atoms with Gasteiger partial charge in [0.1, 0.15) is 0 Å². The molecule has 0 saturated heterocycles. The Bertz CT molecular complexity index is 195. The van der Waals surface area contributed by atoms with Crippen LogP contribution in [0.1, 0.15) is 5.69 Å². The van der Waals surface area contributed by atoms with Crippen molar-refractivity contribution in [1.29, 1.82) is 0 Å². The number of hydrogen-bond acceptors (Lipinski definition) is 1. The van der Waals surface area contributed by atoms with E-state index in [1.165, 1.54) is 0 Å². The van der Waals surface area contributed by atoms with Gasteiger partial charge in [-0.1, -0.05) is 36.8 Å². The number of aromatic nitrogens is 1. The predicted octanol–water partition coefficient (Wildman–Crippen LogP) is 2.89. The zero-order chi connectivity index (χ0) is 7.40. The minimum atomic E-state index is -0.895. The predicted molar refractivity (Wildman–Crippen MR) is 48.6 cm³/mol. The van der Waals surface area contributed by atoms with Crippen LogP contribution in [0.15, 0.2) is 24.4 Å². The van der Waals surface area contributed by atoms with Crippen LogP contribution in [0.3, 0.4) is 0 Å². The van der Waals surface area contributed by atoms with Gasteiger partial charge in [-0.2, -0.15) is 0 Å². The molecule has 0 spiro atoms. The van der Waals surface area contributed by atoms with Crippen molar-refractivity contribution >= 4 is 30.7 Å². The summed E-state index contributed by atoms with van der Waals surface area (Å²) in [6.45, 7) is 0. The molecule has 0 radical (unpaired) electrons. The number of rotatable bonds is 2. The molecule has 0 bridgehead atoms. The van der Waals surface area contributed by atoms with E-state index in [1.807, 2.05) is 18.2 Å². The summed E-state index contributed by atoms with van der Waals surface area (Å²) in [5, 5.41) is 0. The van der Waals surface area contributed by atoms with E-state index in [1.54, 1.807) is 6.20 Å². The van der Waals surface area contributed by atoms with Gasteiger partial charge in [-0.25, -0.2) is 0 Å². The minimum absolute atomic E-state index is 0. The molecule has 1 heterocycles. The summed E-state index contributed by atoms with van der Waals surface area (Å²) in [6.07, 6.45) is 1.74. The van der Waals surface area contributed by atoms with Crippen LogP contribution >= 0.6 is 30.7 Å². The molecule has 1 aromatic heterocycles. The molecular formula is C6H7Cl2NSZr. The summed E-state index contributed by atoms with van der Waals surface area (Å²) in [6, 6.07) is 5.71. The summed E-state index contributed by atoms with van der Waals surface area (Å²) in [4.78, 5) is 4.07. The minimum Gasteiger partial charge on any atom is -0.260 e. The molecule has 1 rings (SSSR count). The maximum absolute atomic E-state index is 5.60. The standard InChI is InChI=1S/C6H7Cl2NS.Zr/c7-10(8)5-6-3-1-2-4-9-6;/h1-4,10H,5H2;. The molecule has 0 aliphatic rings. The smallest absolute Gasteiger partial charge is 0.0507 e. The second kappa shape index (κ2) is 6.48. The molecular weight excluding hydrogens is 280 g/mol. The molecule has 0 atom stereocenters. The van der Waals surface area contributed by atoms with Crippen LogP contribution in [0, 0.1) is 0 Å². The van der Waals surface area contributed by atoms with Crippen molar-refractivity contribution < 1.29 is 26.2 Å². The maximum atomic E-state index is 5.60. The van der Waals surface area contributed by atoms with E-state index in [9.17, 15) is 0 Å². The molecule has 11 heavy (non-hydrogen) atoms. The van der Waals surface area contributed by atoms with Crippen LogP contribution in [-0.2, 0) is 32.0 Å². The topological polar surface area (TPSA) is 12.9 Å². The van der Waals surface area contributed by atoms with Crippen molar-refractivity contribution in [3.63, 3.8) is 0 Å². The largest absolute Gasteiger partial charge is 0.260 e. The Kier molecular flexibility index (Phi) is 7.04. The second-order valence-corrected chi connectivity index (χ2v) is 5.67. The number of hydrogen-bond donors (Lipinski definition) is 1. The summed E-state index contributed by atoms with van der Waals surface area (Å²) in [7, 11) is 10.3. The molecule has 0 N–H and O–H groups in total. The average Bonchev–Trinajstić information content (AvgIpc) is 1.88. The van der Waals surface area contributed by atoms with Gasteiger partial charge < -0.3 is 0 Å². The molecule has 0 amide bonds. The fraction of sp³-hybridized carbons (Fsp3) is 0.167. The van der Waals surface area contributed by atoms with Gasteiger partial charge in [-0.05, 0) is 12.1 Å². The SMILES string of the molecule is Cl[SH](Cl)Cc1ccccn1.[Zr]. The zero-order valence-corrected chi connectivity index (χ0v) is 10.5. The van der Waals surface area contributed by atoms with Crippen molar-refractivity contribution in [1.82, 2.24) is 4.98 Å². The first-order chi connectivity index (χ1) is 4.79. The Morgan fingerprint density at radius 3 is 2.55 bits per heavy atom. The Labute approximate surface area is 97.0 Å². The Morgan fingerprint density at radius 2 is 2.09 bits per heavy atom. The van der Waals surface area contributed by atoms with Crippen LogP contribution < -0.4 is 0 Å². The van der Waals surface area contributed by atoms with Crippen LogP contribution in [0.5, 0.6) is 0 Å². The van der Waals surface area contributed by atoms with Crippen LogP contribution in [0.2, 0.25) is 0 Å². The molecule has 0 saturated carbocycles. The van der Waals surface area contributed by atoms with Crippen LogP contribution in [0.4, 0.5) is 0 Å². The van der Waals surface area contributed by atoms with Crippen molar-refractivity contribution in [3.8, 4) is 0 Å². The van der Waals surface area contributed by atoms with Gasteiger partial charge in [-0.15, -0.1) is 0 Å². The summed E-state index contributed by atoms with van der Waals surface area (Å²) in [5.41, 5.74) is 0.957. The fourth-order valence-electron chi connectivity index (χ4n) is 0.614. The van der Waals surface area contributed by atoms with E-state index < -0.39 is 9.32 Å². The van der Waals surface area contributed by atoms with E-state index >= 15 is 0 Å². The summed E-state index contributed by atoms with van der Waals surface area (Å²) >= 11 is 0. The number of pyridine rings is 1. The molecule has 0 aliphatic carbocycles. The van der Waals surface area contributed by atoms with Gasteiger partial charge in [0.05, 0.1) is 5.69 Å². The first-order valence-corrected chi connectivity index (χ1v) is 6.12. The van der Waals surface area contributed by atoms with Crippen molar-refractivity contribution in [2.75, 3.05) is 0 Å². The second-order valence-electron chi connectivity index (χ2n) is 1.78. The molecule has 0 aromatic carbocycles. The van der Waals surface area contributed by atoms with Gasteiger partial charge in [0.25, 0.3) is 0 Å². The number of halogens is 2. The van der Waals surface area contributed by atoms with E-state index in [-0.39, 0.29) is 26.2 Å². The van der Waals surface area contributed by atoms with Crippen molar-refractivity contribution in [3.05, 3.63) is 30.1 Å². The van der Waals surface area contributed by atoms with Crippen molar-refractivity contribution in [2.45, 2.75) is 5.75 Å². The molecule has 1 aromatic rings. The van der Waals surface area contributed by atoms with E-state index in [2.05, 4.69) is 4.98 Å². The number of thiol groups is 1. The van der Waals surface area contributed by atoms with Crippen LogP contribution in [-0.4, -0.2) is 4.98 Å². The Hall–Kier alpha value is 0.963. The molecule has 5 heteroatoms. The van der Waals surface area contributed by atoms with Gasteiger partial charge in [-0.3, -0.25) is 4.98 Å². The molecule has 0 unspecified atom stereocenters. The number of nitrogens with zero attached hydrogens (tertiary/aromatic N) is 1. The van der Waals surface area contributed by atoms with E-state index in [0.717, 1.165) is 5.69 Å². The quantitative estimate of drug-likeness (QED) is 0.825.